The highest BCUT2D eigenvalue weighted by atomic mass is 16.2. The quantitative estimate of drug-likeness (QED) is 0.875. The van der Waals surface area contributed by atoms with E-state index in [-0.39, 0.29) is 5.91 Å². The lowest BCUT2D eigenvalue weighted by atomic mass is 10.2. The summed E-state index contributed by atoms with van der Waals surface area (Å²) in [6, 6.07) is 13.7. The average molecular weight is 271 g/mol. The first-order valence-electron chi connectivity index (χ1n) is 6.94. The molecule has 0 saturated heterocycles. The Morgan fingerprint density at radius 3 is 2.60 bits per heavy atom. The largest absolute Gasteiger partial charge is 0.344 e. The number of benzene rings is 1. The minimum atomic E-state index is 0.0335. The summed E-state index contributed by atoms with van der Waals surface area (Å²) < 4.78 is 1.96. The second kappa shape index (κ2) is 6.91. The molecule has 4 heteroatoms. The van der Waals surface area contributed by atoms with Gasteiger partial charge in [-0.1, -0.05) is 30.3 Å². The second-order valence-electron chi connectivity index (χ2n) is 4.68. The van der Waals surface area contributed by atoms with Gasteiger partial charge < -0.3 is 15.2 Å². The number of nitrogens with two attached hydrogens (primary N) is 1. The topological polar surface area (TPSA) is 51.3 Å². The van der Waals surface area contributed by atoms with E-state index in [2.05, 4.69) is 0 Å². The van der Waals surface area contributed by atoms with Crippen LogP contribution in [0, 0.1) is 0 Å². The molecule has 2 N–H and O–H groups in total. The van der Waals surface area contributed by atoms with Gasteiger partial charge in [-0.2, -0.15) is 0 Å². The summed E-state index contributed by atoms with van der Waals surface area (Å²) in [5, 5.41) is 0. The molecule has 0 spiro atoms. The predicted octanol–water partition coefficient (Wildman–Crippen LogP) is 2.11. The Balaban J connectivity index is 2.18. The van der Waals surface area contributed by atoms with E-state index in [1.807, 2.05) is 60.2 Å². The molecule has 0 atom stereocenters. The van der Waals surface area contributed by atoms with E-state index in [9.17, 15) is 4.79 Å². The van der Waals surface area contributed by atoms with Gasteiger partial charge in [0.15, 0.2) is 0 Å². The SMILES string of the molecule is CCn1cccc1C(=O)N(CCN)Cc1ccccc1. The Hall–Kier alpha value is -2.07. The van der Waals surface area contributed by atoms with Gasteiger partial charge in [0.2, 0.25) is 0 Å². The molecule has 0 radical (unpaired) electrons. The summed E-state index contributed by atoms with van der Waals surface area (Å²) in [6.45, 7) is 4.43. The summed E-state index contributed by atoms with van der Waals surface area (Å²) in [5.41, 5.74) is 7.48. The summed E-state index contributed by atoms with van der Waals surface area (Å²) in [4.78, 5) is 14.4. The lowest BCUT2D eigenvalue weighted by molar-refractivity contribution is 0.0737. The molecule has 2 rings (SSSR count). The van der Waals surface area contributed by atoms with Gasteiger partial charge in [0, 0.05) is 32.4 Å². The van der Waals surface area contributed by atoms with Crippen molar-refractivity contribution in [3.8, 4) is 0 Å². The van der Waals surface area contributed by atoms with Crippen LogP contribution in [0.15, 0.2) is 48.7 Å². The number of amides is 1. The fraction of sp³-hybridized carbons (Fsp3) is 0.312. The first-order valence-corrected chi connectivity index (χ1v) is 6.94. The van der Waals surface area contributed by atoms with Gasteiger partial charge in [-0.3, -0.25) is 4.79 Å². The first kappa shape index (κ1) is 14.3. The van der Waals surface area contributed by atoms with E-state index >= 15 is 0 Å². The molecule has 0 saturated carbocycles. The van der Waals surface area contributed by atoms with Crippen molar-refractivity contribution in [1.29, 1.82) is 0 Å². The van der Waals surface area contributed by atoms with Crippen LogP contribution >= 0.6 is 0 Å². The van der Waals surface area contributed by atoms with Crippen molar-refractivity contribution < 1.29 is 4.79 Å². The summed E-state index contributed by atoms with van der Waals surface area (Å²) >= 11 is 0. The molecule has 1 aromatic heterocycles. The summed E-state index contributed by atoms with van der Waals surface area (Å²) in [7, 11) is 0. The smallest absolute Gasteiger partial charge is 0.270 e. The molecule has 0 aliphatic heterocycles. The van der Waals surface area contributed by atoms with Gasteiger partial charge in [-0.15, -0.1) is 0 Å². The van der Waals surface area contributed by atoms with E-state index in [0.29, 0.717) is 19.6 Å². The Labute approximate surface area is 119 Å². The van der Waals surface area contributed by atoms with Gasteiger partial charge in [-0.05, 0) is 24.6 Å². The molecule has 0 unspecified atom stereocenters. The molecule has 2 aromatic rings. The van der Waals surface area contributed by atoms with Crippen molar-refractivity contribution in [3.63, 3.8) is 0 Å². The lowest BCUT2D eigenvalue weighted by Gasteiger charge is -2.22. The minimum Gasteiger partial charge on any atom is -0.344 e. The molecule has 0 aliphatic carbocycles. The molecule has 0 aliphatic rings. The van der Waals surface area contributed by atoms with Crippen molar-refractivity contribution in [2.45, 2.75) is 20.0 Å². The number of carbonyl (C=O) groups excluding carboxylic acids is 1. The van der Waals surface area contributed by atoms with Crippen LogP contribution in [0.2, 0.25) is 0 Å². The monoisotopic (exact) mass is 271 g/mol. The summed E-state index contributed by atoms with van der Waals surface area (Å²) in [5.74, 6) is 0.0335. The van der Waals surface area contributed by atoms with E-state index in [4.69, 9.17) is 5.73 Å². The molecular weight excluding hydrogens is 250 g/mol. The Morgan fingerprint density at radius 2 is 1.95 bits per heavy atom. The van der Waals surface area contributed by atoms with Gasteiger partial charge in [0.1, 0.15) is 5.69 Å². The molecule has 0 fully saturated rings. The standard InChI is InChI=1S/C16H21N3O/c1-2-18-11-6-9-15(18)16(20)19(12-10-17)13-14-7-4-3-5-8-14/h3-9,11H,2,10,12-13,17H2,1H3. The molecule has 1 amide bonds. The minimum absolute atomic E-state index is 0.0335. The highest BCUT2D eigenvalue weighted by molar-refractivity contribution is 5.92. The van der Waals surface area contributed by atoms with Crippen LogP contribution in [0.25, 0.3) is 0 Å². The van der Waals surface area contributed by atoms with Gasteiger partial charge in [-0.25, -0.2) is 0 Å². The highest BCUT2D eigenvalue weighted by Crippen LogP contribution is 2.11. The molecular formula is C16H21N3O. The molecule has 106 valence electrons. The second-order valence-corrected chi connectivity index (χ2v) is 4.68. The lowest BCUT2D eigenvalue weighted by Crippen LogP contribution is -2.36. The van der Waals surface area contributed by atoms with E-state index in [1.54, 1.807) is 4.90 Å². The fourth-order valence-electron chi connectivity index (χ4n) is 2.26. The van der Waals surface area contributed by atoms with Gasteiger partial charge in [0.05, 0.1) is 0 Å². The fourth-order valence-corrected chi connectivity index (χ4v) is 2.26. The zero-order valence-electron chi connectivity index (χ0n) is 11.8. The van der Waals surface area contributed by atoms with Crippen LogP contribution in [0.1, 0.15) is 23.0 Å². The maximum atomic E-state index is 12.6. The normalized spacial score (nSPS) is 10.5. The third-order valence-electron chi connectivity index (χ3n) is 3.29. The molecule has 4 nitrogen and oxygen atoms in total. The number of nitrogens with zero attached hydrogens (tertiary/aromatic N) is 2. The van der Waals surface area contributed by atoms with E-state index in [1.165, 1.54) is 0 Å². The number of rotatable bonds is 6. The van der Waals surface area contributed by atoms with Crippen LogP contribution in [-0.4, -0.2) is 28.5 Å². The van der Waals surface area contributed by atoms with Crippen LogP contribution < -0.4 is 5.73 Å². The van der Waals surface area contributed by atoms with E-state index < -0.39 is 0 Å². The zero-order valence-corrected chi connectivity index (χ0v) is 11.8. The number of aromatic nitrogens is 1. The third kappa shape index (κ3) is 3.27. The van der Waals surface area contributed by atoms with Crippen molar-refractivity contribution in [2.75, 3.05) is 13.1 Å². The van der Waals surface area contributed by atoms with Crippen molar-refractivity contribution in [3.05, 3.63) is 59.9 Å². The predicted molar refractivity (Wildman–Crippen MR) is 80.3 cm³/mol. The number of aryl methyl sites for hydroxylation is 1. The maximum absolute atomic E-state index is 12.6. The average Bonchev–Trinajstić information content (AvgIpc) is 2.95. The zero-order chi connectivity index (χ0) is 14.4. The molecule has 20 heavy (non-hydrogen) atoms. The Morgan fingerprint density at radius 1 is 1.20 bits per heavy atom. The summed E-state index contributed by atoms with van der Waals surface area (Å²) in [6.07, 6.45) is 1.93. The molecule has 1 aromatic carbocycles. The Bertz CT molecular complexity index is 548. The van der Waals surface area contributed by atoms with Crippen LogP contribution in [-0.2, 0) is 13.1 Å². The van der Waals surface area contributed by atoms with Gasteiger partial charge >= 0.3 is 0 Å². The number of hydrogen-bond donors (Lipinski definition) is 1. The van der Waals surface area contributed by atoms with Crippen LogP contribution in [0.3, 0.4) is 0 Å². The third-order valence-corrected chi connectivity index (χ3v) is 3.29. The first-order chi connectivity index (χ1) is 9.76. The number of carbonyl (C=O) groups is 1. The van der Waals surface area contributed by atoms with Crippen LogP contribution in [0.4, 0.5) is 0 Å². The van der Waals surface area contributed by atoms with Crippen LogP contribution in [0.5, 0.6) is 0 Å². The van der Waals surface area contributed by atoms with Gasteiger partial charge in [0.25, 0.3) is 5.91 Å². The Kier molecular flexibility index (Phi) is 4.96. The van der Waals surface area contributed by atoms with Crippen molar-refractivity contribution in [1.82, 2.24) is 9.47 Å². The molecule has 1 heterocycles. The van der Waals surface area contributed by atoms with Crippen molar-refractivity contribution in [2.24, 2.45) is 5.73 Å². The number of hydrogen-bond acceptors (Lipinski definition) is 2. The maximum Gasteiger partial charge on any atom is 0.270 e. The van der Waals surface area contributed by atoms with E-state index in [0.717, 1.165) is 17.8 Å². The highest BCUT2D eigenvalue weighted by Gasteiger charge is 2.18. The molecule has 0 bridgehead atoms. The van der Waals surface area contributed by atoms with Crippen molar-refractivity contribution >= 4 is 5.91 Å².